The highest BCUT2D eigenvalue weighted by atomic mass is 32.7. The third-order valence-corrected chi connectivity index (χ3v) is 3.55. The van der Waals surface area contributed by atoms with Crippen molar-refractivity contribution in [3.63, 3.8) is 0 Å². The molecule has 0 atom stereocenters. The number of likely N-dealkylation sites (N-methyl/N-ethyl adjacent to an activating group) is 1. The molecule has 13 heavy (non-hydrogen) atoms. The summed E-state index contributed by atoms with van der Waals surface area (Å²) < 4.78 is 10.4. The molecule has 0 saturated carbocycles. The Balaban J connectivity index is 3.04. The lowest BCUT2D eigenvalue weighted by atomic mass is 10.5. The number of hydrogen-bond donors (Lipinski definition) is 4. The summed E-state index contributed by atoms with van der Waals surface area (Å²) in [6.07, 6.45) is 0. The van der Waals surface area contributed by atoms with Crippen molar-refractivity contribution in [2.75, 3.05) is 31.9 Å². The second-order valence-corrected chi connectivity index (χ2v) is 6.28. The maximum absolute atomic E-state index is 10.4. The van der Waals surface area contributed by atoms with Crippen molar-refractivity contribution in [2.24, 2.45) is 0 Å². The van der Waals surface area contributed by atoms with Gasteiger partial charge in [0.15, 0.2) is 0 Å². The van der Waals surface area contributed by atoms with Gasteiger partial charge in [-0.2, -0.15) is 0 Å². The van der Waals surface area contributed by atoms with E-state index in [1.807, 2.05) is 6.92 Å². The van der Waals surface area contributed by atoms with Crippen molar-refractivity contribution in [2.45, 2.75) is 6.92 Å². The zero-order valence-electron chi connectivity index (χ0n) is 7.69. The van der Waals surface area contributed by atoms with Crippen molar-refractivity contribution in [3.8, 4) is 0 Å². The lowest BCUT2D eigenvalue weighted by Crippen LogP contribution is -2.28. The average Bonchev–Trinajstić information content (AvgIpc) is 2.01. The zero-order chi connectivity index (χ0) is 10.2. The van der Waals surface area contributed by atoms with E-state index in [1.165, 1.54) is 0 Å². The summed E-state index contributed by atoms with van der Waals surface area (Å²) in [5.74, 6) is 0.441. The predicted molar refractivity (Wildman–Crippen MR) is 55.9 cm³/mol. The second-order valence-electron chi connectivity index (χ2n) is 2.43. The topological polar surface area (TPSA) is 81.6 Å². The van der Waals surface area contributed by atoms with Gasteiger partial charge in [0.05, 0.1) is 0 Å². The minimum atomic E-state index is -3.87. The van der Waals surface area contributed by atoms with Crippen LogP contribution in [0.1, 0.15) is 6.92 Å². The van der Waals surface area contributed by atoms with Crippen molar-refractivity contribution >= 4 is 18.2 Å². The molecule has 0 aliphatic rings. The Labute approximate surface area is 82.6 Å². The third-order valence-electron chi connectivity index (χ3n) is 1.27. The Morgan fingerprint density at radius 2 is 1.85 bits per heavy atom. The fourth-order valence-electron chi connectivity index (χ4n) is 0.715. The standard InChI is InChI=1S/C6H17N2O3PS/c1-2-7-3-4-8-5-6-13-12(9,10)11/h7-8H,2-6H2,1H3,(H2,9,10,11). The molecule has 7 heteroatoms. The highest BCUT2D eigenvalue weighted by molar-refractivity contribution is 8.54. The second kappa shape index (κ2) is 7.79. The van der Waals surface area contributed by atoms with Crippen LogP contribution in [0.2, 0.25) is 0 Å². The molecule has 0 aromatic rings. The highest BCUT2D eigenvalue weighted by Gasteiger charge is 2.11. The van der Waals surface area contributed by atoms with E-state index in [0.717, 1.165) is 19.6 Å². The van der Waals surface area contributed by atoms with Crippen LogP contribution in [0.25, 0.3) is 0 Å². The molecule has 0 spiro atoms. The molecule has 4 N–H and O–H groups in total. The maximum Gasteiger partial charge on any atom is 0.384 e. The van der Waals surface area contributed by atoms with E-state index >= 15 is 0 Å². The minimum Gasteiger partial charge on any atom is -0.317 e. The SMILES string of the molecule is CCNCCNCCSP(=O)(O)O. The first-order valence-electron chi connectivity index (χ1n) is 4.18. The average molecular weight is 228 g/mol. The van der Waals surface area contributed by atoms with Gasteiger partial charge in [0, 0.05) is 25.4 Å². The van der Waals surface area contributed by atoms with E-state index in [0.29, 0.717) is 23.7 Å². The maximum atomic E-state index is 10.4. The van der Waals surface area contributed by atoms with Gasteiger partial charge >= 0.3 is 6.80 Å². The molecule has 0 fully saturated rings. The van der Waals surface area contributed by atoms with Gasteiger partial charge in [0.2, 0.25) is 0 Å². The Bertz CT molecular complexity index is 164. The fraction of sp³-hybridized carbons (Fsp3) is 1.00. The third kappa shape index (κ3) is 12.4. The summed E-state index contributed by atoms with van der Waals surface area (Å²) in [7, 11) is 0. The molecule has 0 rings (SSSR count). The van der Waals surface area contributed by atoms with Gasteiger partial charge in [-0.1, -0.05) is 6.92 Å². The van der Waals surface area contributed by atoms with Crippen LogP contribution in [0.5, 0.6) is 0 Å². The molecule has 0 radical (unpaired) electrons. The van der Waals surface area contributed by atoms with Crippen LogP contribution in [-0.2, 0) is 4.57 Å². The van der Waals surface area contributed by atoms with Crippen LogP contribution in [0, 0.1) is 0 Å². The monoisotopic (exact) mass is 228 g/mol. The molecule has 5 nitrogen and oxygen atoms in total. The fourth-order valence-corrected chi connectivity index (χ4v) is 2.18. The van der Waals surface area contributed by atoms with Crippen molar-refractivity contribution in [1.82, 2.24) is 10.6 Å². The van der Waals surface area contributed by atoms with Crippen molar-refractivity contribution < 1.29 is 14.4 Å². The zero-order valence-corrected chi connectivity index (χ0v) is 9.40. The highest BCUT2D eigenvalue weighted by Crippen LogP contribution is 2.49. The normalized spacial score (nSPS) is 11.9. The molecule has 0 aromatic heterocycles. The van der Waals surface area contributed by atoms with E-state index in [2.05, 4.69) is 10.6 Å². The number of hydrogen-bond acceptors (Lipinski definition) is 4. The lowest BCUT2D eigenvalue weighted by Gasteiger charge is -2.05. The molecule has 0 aliphatic heterocycles. The number of rotatable bonds is 8. The van der Waals surface area contributed by atoms with Gasteiger partial charge < -0.3 is 20.4 Å². The molecule has 80 valence electrons. The quantitative estimate of drug-likeness (QED) is 0.346. The molecule has 0 aromatic carbocycles. The van der Waals surface area contributed by atoms with Crippen molar-refractivity contribution in [3.05, 3.63) is 0 Å². The summed E-state index contributed by atoms with van der Waals surface area (Å²) in [5.41, 5.74) is 0. The molecule has 0 saturated heterocycles. The van der Waals surface area contributed by atoms with Crippen LogP contribution in [0.15, 0.2) is 0 Å². The summed E-state index contributed by atoms with van der Waals surface area (Å²) in [6, 6.07) is 0. The molecule has 0 amide bonds. The molecular weight excluding hydrogens is 211 g/mol. The summed E-state index contributed by atoms with van der Waals surface area (Å²) in [4.78, 5) is 17.0. The Kier molecular flexibility index (Phi) is 8.04. The number of nitrogens with one attached hydrogen (secondary N) is 2. The van der Waals surface area contributed by atoms with Gasteiger partial charge in [-0.05, 0) is 17.9 Å². The first kappa shape index (κ1) is 13.4. The smallest absolute Gasteiger partial charge is 0.317 e. The molecular formula is C6H17N2O3PS. The van der Waals surface area contributed by atoms with E-state index < -0.39 is 6.80 Å². The minimum absolute atomic E-state index is 0.441. The van der Waals surface area contributed by atoms with Crippen LogP contribution in [0.4, 0.5) is 0 Å². The van der Waals surface area contributed by atoms with Crippen LogP contribution >= 0.6 is 18.2 Å². The Morgan fingerprint density at radius 1 is 1.23 bits per heavy atom. The molecule has 0 heterocycles. The van der Waals surface area contributed by atoms with Crippen LogP contribution in [0.3, 0.4) is 0 Å². The van der Waals surface area contributed by atoms with Gasteiger partial charge in [-0.3, -0.25) is 0 Å². The summed E-state index contributed by atoms with van der Waals surface area (Å²) in [6.45, 7) is 1.45. The predicted octanol–water partition coefficient (Wildman–Crippen LogP) is 0.0114. The lowest BCUT2D eigenvalue weighted by molar-refractivity contribution is 0.397. The van der Waals surface area contributed by atoms with Gasteiger partial charge in [0.1, 0.15) is 0 Å². The van der Waals surface area contributed by atoms with E-state index in [4.69, 9.17) is 9.79 Å². The Morgan fingerprint density at radius 3 is 2.38 bits per heavy atom. The van der Waals surface area contributed by atoms with E-state index in [1.54, 1.807) is 0 Å². The Hall–Kier alpha value is 0.420. The first-order valence-corrected chi connectivity index (χ1v) is 7.38. The summed E-state index contributed by atoms with van der Waals surface area (Å²) >= 11 is 0.681. The molecule has 0 bridgehead atoms. The van der Waals surface area contributed by atoms with E-state index in [9.17, 15) is 4.57 Å². The summed E-state index contributed by atoms with van der Waals surface area (Å²) in [5, 5.41) is 6.20. The van der Waals surface area contributed by atoms with Gasteiger partial charge in [-0.15, -0.1) is 0 Å². The van der Waals surface area contributed by atoms with Gasteiger partial charge in [0.25, 0.3) is 0 Å². The molecule has 0 unspecified atom stereocenters. The van der Waals surface area contributed by atoms with E-state index in [-0.39, 0.29) is 0 Å². The van der Waals surface area contributed by atoms with Crippen LogP contribution < -0.4 is 10.6 Å². The van der Waals surface area contributed by atoms with Crippen LogP contribution in [-0.4, -0.2) is 41.7 Å². The first-order chi connectivity index (χ1) is 6.06. The van der Waals surface area contributed by atoms with Crippen molar-refractivity contribution in [1.29, 1.82) is 0 Å². The largest absolute Gasteiger partial charge is 0.384 e. The molecule has 0 aliphatic carbocycles. The van der Waals surface area contributed by atoms with Gasteiger partial charge in [-0.25, -0.2) is 4.57 Å².